The Hall–Kier alpha value is -3.40. The van der Waals surface area contributed by atoms with Crippen molar-refractivity contribution >= 4 is 11.8 Å². The molecule has 1 fully saturated rings. The van der Waals surface area contributed by atoms with Crippen molar-refractivity contribution in [3.05, 3.63) is 77.4 Å². The summed E-state index contributed by atoms with van der Waals surface area (Å²) in [4.78, 5) is 7.09. The third-order valence-corrected chi connectivity index (χ3v) is 7.41. The average Bonchev–Trinajstić information content (AvgIpc) is 3.06. The molecule has 5 rings (SSSR count). The molecule has 3 aliphatic rings. The maximum Gasteiger partial charge on any atom is 0.127 e. The minimum Gasteiger partial charge on any atom is -0.497 e. The standard InChI is InChI=1S/C29H31N3O3/c1-34-23-10-11-28-26(18-23)24(25-4-2-14-31-27(25)20-35-28)5-3-15-32-16-12-29(33,13-17-32)22-8-6-21(19-30)7-9-22/h2,4-11,14,18,25,27,33H,3,12-13,15-17,20H2,1H3/b24-5+. The van der Waals surface area contributed by atoms with Crippen molar-refractivity contribution in [2.75, 3.05) is 33.4 Å². The van der Waals surface area contributed by atoms with E-state index in [1.807, 2.05) is 36.6 Å². The second-order valence-electron chi connectivity index (χ2n) is 9.46. The van der Waals surface area contributed by atoms with Crippen LogP contribution in [-0.2, 0) is 5.60 Å². The van der Waals surface area contributed by atoms with Crippen molar-refractivity contribution in [1.29, 1.82) is 5.26 Å². The van der Waals surface area contributed by atoms with Crippen molar-refractivity contribution in [2.45, 2.75) is 30.9 Å². The van der Waals surface area contributed by atoms with Crippen LogP contribution < -0.4 is 9.47 Å². The molecule has 2 aromatic carbocycles. The molecule has 0 bridgehead atoms. The van der Waals surface area contributed by atoms with E-state index >= 15 is 0 Å². The van der Waals surface area contributed by atoms with Crippen LogP contribution in [-0.4, -0.2) is 55.6 Å². The minimum absolute atomic E-state index is 0.0714. The van der Waals surface area contributed by atoms with Crippen LogP contribution in [0.2, 0.25) is 0 Å². The lowest BCUT2D eigenvalue weighted by atomic mass is 9.84. The van der Waals surface area contributed by atoms with Crippen LogP contribution in [0.5, 0.6) is 11.5 Å². The fourth-order valence-electron chi connectivity index (χ4n) is 5.29. The van der Waals surface area contributed by atoms with Crippen LogP contribution in [0.1, 0.15) is 36.0 Å². The Labute approximate surface area is 206 Å². The fourth-order valence-corrected chi connectivity index (χ4v) is 5.29. The zero-order chi connectivity index (χ0) is 24.3. The number of dihydropyridines is 1. The first-order valence-electron chi connectivity index (χ1n) is 12.3. The molecule has 2 unspecified atom stereocenters. The molecule has 0 amide bonds. The summed E-state index contributed by atoms with van der Waals surface area (Å²) < 4.78 is 11.6. The molecule has 180 valence electrons. The van der Waals surface area contributed by atoms with E-state index in [-0.39, 0.29) is 12.0 Å². The van der Waals surface area contributed by atoms with Crippen molar-refractivity contribution < 1.29 is 14.6 Å². The summed E-state index contributed by atoms with van der Waals surface area (Å²) in [7, 11) is 1.69. The van der Waals surface area contributed by atoms with E-state index in [1.54, 1.807) is 19.2 Å². The molecule has 2 atom stereocenters. The van der Waals surface area contributed by atoms with Gasteiger partial charge >= 0.3 is 0 Å². The monoisotopic (exact) mass is 469 g/mol. The predicted octanol–water partition coefficient (Wildman–Crippen LogP) is 4.34. The van der Waals surface area contributed by atoms with Gasteiger partial charge in [0.15, 0.2) is 0 Å². The normalized spacial score (nSPS) is 24.1. The highest BCUT2D eigenvalue weighted by atomic mass is 16.5. The number of nitrogens with zero attached hydrogens (tertiary/aromatic N) is 3. The van der Waals surface area contributed by atoms with E-state index in [1.165, 1.54) is 5.57 Å². The third-order valence-electron chi connectivity index (χ3n) is 7.41. The molecule has 3 aliphatic heterocycles. The maximum atomic E-state index is 11.2. The SMILES string of the molecule is COc1ccc2c(c1)/C(=C/CCN1CCC(O)(c3ccc(C#N)cc3)CC1)C1C=CC=NC1CO2. The summed E-state index contributed by atoms with van der Waals surface area (Å²) in [6.07, 6.45) is 10.7. The number of allylic oxidation sites excluding steroid dienone is 1. The second kappa shape index (κ2) is 10.1. The van der Waals surface area contributed by atoms with Gasteiger partial charge in [-0.2, -0.15) is 5.26 Å². The first-order chi connectivity index (χ1) is 17.1. The Kier molecular flexibility index (Phi) is 6.72. The van der Waals surface area contributed by atoms with Gasteiger partial charge in [0.2, 0.25) is 0 Å². The summed E-state index contributed by atoms with van der Waals surface area (Å²) >= 11 is 0. The Morgan fingerprint density at radius 1 is 1.23 bits per heavy atom. The Morgan fingerprint density at radius 2 is 2.03 bits per heavy atom. The smallest absolute Gasteiger partial charge is 0.127 e. The predicted molar refractivity (Wildman–Crippen MR) is 137 cm³/mol. The van der Waals surface area contributed by atoms with Crippen LogP contribution in [0.25, 0.3) is 5.57 Å². The van der Waals surface area contributed by atoms with E-state index in [4.69, 9.17) is 14.7 Å². The van der Waals surface area contributed by atoms with Crippen LogP contribution in [0.4, 0.5) is 0 Å². The van der Waals surface area contributed by atoms with Gasteiger partial charge in [-0.05, 0) is 66.8 Å². The van der Waals surface area contributed by atoms with Crippen molar-refractivity contribution in [1.82, 2.24) is 4.90 Å². The number of likely N-dealkylation sites (tertiary alicyclic amines) is 1. The Bertz CT molecular complexity index is 1180. The molecular weight excluding hydrogens is 438 g/mol. The summed E-state index contributed by atoms with van der Waals surface area (Å²) in [6.45, 7) is 3.16. The van der Waals surface area contributed by atoms with E-state index < -0.39 is 5.60 Å². The molecule has 2 aromatic rings. The van der Waals surface area contributed by atoms with E-state index in [2.05, 4.69) is 34.2 Å². The molecule has 0 spiro atoms. The summed E-state index contributed by atoms with van der Waals surface area (Å²) in [5.74, 6) is 1.87. The molecule has 0 radical (unpaired) electrons. The molecule has 1 N–H and O–H groups in total. The van der Waals surface area contributed by atoms with Crippen LogP contribution in [0.15, 0.2) is 65.7 Å². The number of ether oxygens (including phenoxy) is 2. The molecule has 0 aromatic heterocycles. The quantitative estimate of drug-likeness (QED) is 0.705. The summed E-state index contributed by atoms with van der Waals surface area (Å²) in [5, 5.41) is 20.2. The van der Waals surface area contributed by atoms with E-state index in [0.717, 1.165) is 48.7 Å². The lowest BCUT2D eigenvalue weighted by molar-refractivity contribution is -0.0254. The van der Waals surface area contributed by atoms with Gasteiger partial charge in [0.1, 0.15) is 18.1 Å². The average molecular weight is 470 g/mol. The number of aliphatic imine (C=N–C) groups is 1. The number of aliphatic hydroxyl groups is 1. The highest BCUT2D eigenvalue weighted by Gasteiger charge is 2.34. The Morgan fingerprint density at radius 3 is 2.77 bits per heavy atom. The van der Waals surface area contributed by atoms with E-state index in [9.17, 15) is 5.11 Å². The molecule has 35 heavy (non-hydrogen) atoms. The number of rotatable bonds is 5. The van der Waals surface area contributed by atoms with Gasteiger partial charge in [0.05, 0.1) is 30.4 Å². The van der Waals surface area contributed by atoms with Gasteiger partial charge in [0, 0.05) is 37.3 Å². The number of methoxy groups -OCH3 is 1. The molecule has 3 heterocycles. The minimum atomic E-state index is -0.824. The second-order valence-corrected chi connectivity index (χ2v) is 9.46. The molecule has 0 saturated carbocycles. The lowest BCUT2D eigenvalue weighted by Gasteiger charge is -2.38. The van der Waals surface area contributed by atoms with Crippen molar-refractivity contribution in [2.24, 2.45) is 10.9 Å². The zero-order valence-electron chi connectivity index (χ0n) is 20.1. The number of benzene rings is 2. The van der Waals surface area contributed by atoms with Crippen LogP contribution in [0.3, 0.4) is 0 Å². The largest absolute Gasteiger partial charge is 0.497 e. The topological polar surface area (TPSA) is 78.1 Å². The lowest BCUT2D eigenvalue weighted by Crippen LogP contribution is -2.42. The van der Waals surface area contributed by atoms with Crippen LogP contribution >= 0.6 is 0 Å². The Balaban J connectivity index is 1.28. The molecule has 6 nitrogen and oxygen atoms in total. The first-order valence-corrected chi connectivity index (χ1v) is 12.3. The van der Waals surface area contributed by atoms with Crippen molar-refractivity contribution in [3.8, 4) is 17.6 Å². The van der Waals surface area contributed by atoms with Crippen molar-refractivity contribution in [3.63, 3.8) is 0 Å². The number of piperidine rings is 1. The van der Waals surface area contributed by atoms with E-state index in [0.29, 0.717) is 25.0 Å². The fraction of sp³-hybridized carbons (Fsp3) is 0.379. The zero-order valence-corrected chi connectivity index (χ0v) is 20.1. The molecule has 0 aliphatic carbocycles. The molecular formula is C29H31N3O3. The van der Waals surface area contributed by atoms with Gasteiger partial charge in [-0.1, -0.05) is 24.3 Å². The highest BCUT2D eigenvalue weighted by Crippen LogP contribution is 2.41. The first kappa shape index (κ1) is 23.3. The summed E-state index contributed by atoms with van der Waals surface area (Å²) in [6, 6.07) is 15.5. The number of hydrogen-bond donors (Lipinski definition) is 1. The van der Waals surface area contributed by atoms with Gasteiger partial charge in [0.25, 0.3) is 0 Å². The maximum absolute atomic E-state index is 11.2. The van der Waals surface area contributed by atoms with Gasteiger partial charge in [-0.25, -0.2) is 0 Å². The van der Waals surface area contributed by atoms with Gasteiger partial charge < -0.3 is 19.5 Å². The number of hydrogen-bond acceptors (Lipinski definition) is 6. The highest BCUT2D eigenvalue weighted by molar-refractivity contribution is 5.80. The third kappa shape index (κ3) is 4.88. The summed E-state index contributed by atoms with van der Waals surface area (Å²) in [5.41, 5.74) is 3.01. The molecule has 1 saturated heterocycles. The van der Waals surface area contributed by atoms with Gasteiger partial charge in [-0.15, -0.1) is 0 Å². The van der Waals surface area contributed by atoms with Gasteiger partial charge in [-0.3, -0.25) is 4.99 Å². The van der Waals surface area contributed by atoms with Crippen LogP contribution in [0, 0.1) is 17.2 Å². The molecule has 6 heteroatoms. The number of nitriles is 1. The number of fused-ring (bicyclic) bond motifs is 2.